The van der Waals surface area contributed by atoms with Gasteiger partial charge in [-0.05, 0) is 61.7 Å². The van der Waals surface area contributed by atoms with Crippen molar-refractivity contribution < 1.29 is 22.6 Å². The van der Waals surface area contributed by atoms with Crippen molar-refractivity contribution in [2.24, 2.45) is 0 Å². The molecule has 1 aromatic carbocycles. The average Bonchev–Trinajstić information content (AvgIpc) is 2.36. The molecule has 0 fully saturated rings. The van der Waals surface area contributed by atoms with Crippen LogP contribution in [0, 0.1) is 0 Å². The van der Waals surface area contributed by atoms with Crippen molar-refractivity contribution >= 4 is 43.5 Å². The van der Waals surface area contributed by atoms with Crippen molar-refractivity contribution in [3.63, 3.8) is 0 Å². The Morgan fingerprint density at radius 2 is 1.86 bits per heavy atom. The summed E-state index contributed by atoms with van der Waals surface area (Å²) in [6, 6.07) is 3.72. The first-order valence-corrected chi connectivity index (χ1v) is 7.12. The molecule has 0 radical (unpaired) electrons. The highest BCUT2D eigenvalue weighted by Crippen LogP contribution is 2.35. The molecule has 21 heavy (non-hydrogen) atoms. The Morgan fingerprint density at radius 1 is 1.14 bits per heavy atom. The summed E-state index contributed by atoms with van der Waals surface area (Å²) in [5.41, 5.74) is 0. The van der Waals surface area contributed by atoms with Gasteiger partial charge in [-0.1, -0.05) is 0 Å². The molecule has 0 aliphatic heterocycles. The van der Waals surface area contributed by atoms with Crippen molar-refractivity contribution in [1.82, 2.24) is 9.97 Å². The van der Waals surface area contributed by atoms with E-state index in [4.69, 9.17) is 16.3 Å². The van der Waals surface area contributed by atoms with Crippen molar-refractivity contribution in [1.29, 1.82) is 0 Å². The average molecular weight is 448 g/mol. The monoisotopic (exact) mass is 446 g/mol. The molecule has 2 aromatic rings. The lowest BCUT2D eigenvalue weighted by Crippen LogP contribution is -2.17. The van der Waals surface area contributed by atoms with Crippen LogP contribution in [-0.2, 0) is 0 Å². The number of ether oxygens (including phenoxy) is 2. The number of rotatable bonds is 3. The zero-order valence-corrected chi connectivity index (χ0v) is 13.7. The Hall–Kier alpha value is -1.06. The van der Waals surface area contributed by atoms with E-state index in [0.717, 1.165) is 6.07 Å². The lowest BCUT2D eigenvalue weighted by atomic mass is 10.3. The molecule has 0 saturated heterocycles. The second-order valence-electron chi connectivity index (χ2n) is 3.53. The maximum absolute atomic E-state index is 12.2. The summed E-state index contributed by atoms with van der Waals surface area (Å²) in [6.07, 6.45) is -3.38. The lowest BCUT2D eigenvalue weighted by molar-refractivity contribution is -0.274. The third kappa shape index (κ3) is 4.72. The van der Waals surface area contributed by atoms with Gasteiger partial charge in [-0.15, -0.1) is 13.2 Å². The Morgan fingerprint density at radius 3 is 2.48 bits per heavy atom. The topological polar surface area (TPSA) is 44.2 Å². The first kappa shape index (κ1) is 16.3. The third-order valence-electron chi connectivity index (χ3n) is 2.03. The van der Waals surface area contributed by atoms with E-state index in [1.807, 2.05) is 0 Å². The SMILES string of the molecule is FC(F)(F)Oc1ccc(Oc2nc(Cl)ncc2Br)cc1Br. The van der Waals surface area contributed by atoms with Crippen molar-refractivity contribution in [2.45, 2.75) is 6.36 Å². The van der Waals surface area contributed by atoms with Gasteiger partial charge in [0.1, 0.15) is 11.5 Å². The van der Waals surface area contributed by atoms with E-state index in [2.05, 4.69) is 46.6 Å². The second-order valence-corrected chi connectivity index (χ2v) is 5.58. The molecule has 0 bridgehead atoms. The van der Waals surface area contributed by atoms with Gasteiger partial charge in [-0.3, -0.25) is 0 Å². The van der Waals surface area contributed by atoms with E-state index in [9.17, 15) is 13.2 Å². The number of benzene rings is 1. The van der Waals surface area contributed by atoms with E-state index < -0.39 is 6.36 Å². The molecule has 0 aliphatic rings. The molecular weight excluding hydrogens is 444 g/mol. The quantitative estimate of drug-likeness (QED) is 0.595. The molecule has 0 amide bonds. The van der Waals surface area contributed by atoms with E-state index in [1.165, 1.54) is 18.3 Å². The fourth-order valence-corrected chi connectivity index (χ4v) is 2.10. The predicted molar refractivity (Wildman–Crippen MR) is 75.6 cm³/mol. The van der Waals surface area contributed by atoms with Crippen LogP contribution >= 0.6 is 43.5 Å². The van der Waals surface area contributed by atoms with Crippen LogP contribution in [0.3, 0.4) is 0 Å². The molecule has 1 heterocycles. The summed E-state index contributed by atoms with van der Waals surface area (Å²) < 4.78 is 46.2. The van der Waals surface area contributed by atoms with E-state index in [0.29, 0.717) is 4.47 Å². The number of alkyl halides is 3. The Labute approximate surface area is 138 Å². The van der Waals surface area contributed by atoms with Gasteiger partial charge in [0.2, 0.25) is 11.2 Å². The summed E-state index contributed by atoms with van der Waals surface area (Å²) in [7, 11) is 0. The van der Waals surface area contributed by atoms with Gasteiger partial charge in [-0.2, -0.15) is 4.98 Å². The number of halogens is 6. The summed E-state index contributed by atoms with van der Waals surface area (Å²) in [4.78, 5) is 7.56. The molecule has 1 aromatic heterocycles. The van der Waals surface area contributed by atoms with Crippen LogP contribution in [0.5, 0.6) is 17.4 Å². The first-order chi connectivity index (χ1) is 9.74. The van der Waals surface area contributed by atoms with Crippen LogP contribution in [0.2, 0.25) is 5.28 Å². The van der Waals surface area contributed by atoms with E-state index >= 15 is 0 Å². The molecule has 0 saturated carbocycles. The summed E-state index contributed by atoms with van der Waals surface area (Å²) >= 11 is 11.8. The molecule has 0 unspecified atom stereocenters. The minimum absolute atomic E-state index is 0.0238. The summed E-state index contributed by atoms with van der Waals surface area (Å²) in [5, 5.41) is -0.0238. The van der Waals surface area contributed by atoms with Crippen molar-refractivity contribution in [2.75, 3.05) is 0 Å². The van der Waals surface area contributed by atoms with Crippen LogP contribution in [0.15, 0.2) is 33.3 Å². The molecule has 4 nitrogen and oxygen atoms in total. The maximum Gasteiger partial charge on any atom is 0.573 e. The maximum atomic E-state index is 12.2. The fourth-order valence-electron chi connectivity index (χ4n) is 1.27. The second kappa shape index (κ2) is 6.37. The summed E-state index contributed by atoms with van der Waals surface area (Å²) in [5.74, 6) is -0.00658. The van der Waals surface area contributed by atoms with Crippen LogP contribution in [0.4, 0.5) is 13.2 Å². The predicted octanol–water partition coefficient (Wildman–Crippen LogP) is 5.35. The molecule has 0 aliphatic carbocycles. The highest BCUT2D eigenvalue weighted by molar-refractivity contribution is 9.10. The van der Waals surface area contributed by atoms with Gasteiger partial charge in [-0.25, -0.2) is 4.98 Å². The van der Waals surface area contributed by atoms with Gasteiger partial charge in [0.15, 0.2) is 0 Å². The molecular formula is C11H4Br2ClF3N2O2. The highest BCUT2D eigenvalue weighted by atomic mass is 79.9. The standard InChI is InChI=1S/C11H4Br2ClF3N2O2/c12-6-3-5(1-2-8(6)21-11(15,16)17)20-9-7(13)4-18-10(14)19-9/h1-4H. The first-order valence-electron chi connectivity index (χ1n) is 5.16. The lowest BCUT2D eigenvalue weighted by Gasteiger charge is -2.12. The van der Waals surface area contributed by atoms with Gasteiger partial charge >= 0.3 is 6.36 Å². The van der Waals surface area contributed by atoms with Crippen LogP contribution < -0.4 is 9.47 Å². The smallest absolute Gasteiger partial charge is 0.438 e. The molecule has 0 N–H and O–H groups in total. The molecule has 2 rings (SSSR count). The molecule has 0 atom stereocenters. The van der Waals surface area contributed by atoms with Gasteiger partial charge in [0.25, 0.3) is 0 Å². The zero-order valence-electron chi connectivity index (χ0n) is 9.79. The van der Waals surface area contributed by atoms with Gasteiger partial charge in [0, 0.05) is 6.20 Å². The molecule has 112 valence electrons. The van der Waals surface area contributed by atoms with Crippen molar-refractivity contribution in [3.05, 3.63) is 38.6 Å². The fraction of sp³-hybridized carbons (Fsp3) is 0.0909. The highest BCUT2D eigenvalue weighted by Gasteiger charge is 2.32. The Balaban J connectivity index is 2.22. The minimum atomic E-state index is -4.77. The van der Waals surface area contributed by atoms with Crippen LogP contribution in [-0.4, -0.2) is 16.3 Å². The molecule has 0 spiro atoms. The van der Waals surface area contributed by atoms with Crippen LogP contribution in [0.25, 0.3) is 0 Å². The van der Waals surface area contributed by atoms with Crippen LogP contribution in [0.1, 0.15) is 0 Å². The number of nitrogens with zero attached hydrogens (tertiary/aromatic N) is 2. The zero-order chi connectivity index (χ0) is 15.6. The van der Waals surface area contributed by atoms with E-state index in [-0.39, 0.29) is 27.1 Å². The normalized spacial score (nSPS) is 11.3. The third-order valence-corrected chi connectivity index (χ3v) is 3.37. The number of aromatic nitrogens is 2. The largest absolute Gasteiger partial charge is 0.573 e. The van der Waals surface area contributed by atoms with Crippen molar-refractivity contribution in [3.8, 4) is 17.4 Å². The minimum Gasteiger partial charge on any atom is -0.438 e. The van der Waals surface area contributed by atoms with Gasteiger partial charge in [0.05, 0.1) is 8.95 Å². The Bertz CT molecular complexity index is 670. The van der Waals surface area contributed by atoms with E-state index in [1.54, 1.807) is 0 Å². The van der Waals surface area contributed by atoms with Gasteiger partial charge < -0.3 is 9.47 Å². The Kier molecular flexibility index (Phi) is 4.95. The molecule has 10 heteroatoms. The number of hydrogen-bond acceptors (Lipinski definition) is 4. The number of hydrogen-bond donors (Lipinski definition) is 0. The summed E-state index contributed by atoms with van der Waals surface area (Å²) in [6.45, 7) is 0.